The van der Waals surface area contributed by atoms with Crippen LogP contribution in [0, 0.1) is 5.92 Å². The molecule has 1 N–H and O–H groups in total. The molecule has 1 atom stereocenters. The summed E-state index contributed by atoms with van der Waals surface area (Å²) in [4.78, 5) is 4.62. The van der Waals surface area contributed by atoms with Crippen LogP contribution in [0.1, 0.15) is 26.2 Å². The first-order chi connectivity index (χ1) is 8.72. The molecule has 1 aliphatic heterocycles. The highest BCUT2D eigenvalue weighted by Gasteiger charge is 2.43. The second-order valence-electron chi connectivity index (χ2n) is 5.17. The molecule has 4 nitrogen and oxygen atoms in total. The van der Waals surface area contributed by atoms with E-state index in [1.54, 1.807) is 11.3 Å². The van der Waals surface area contributed by atoms with Crippen LogP contribution >= 0.6 is 11.3 Å². The predicted molar refractivity (Wildman–Crippen MR) is 71.6 cm³/mol. The molecule has 2 aromatic heterocycles. The highest BCUT2D eigenvalue weighted by atomic mass is 32.1. The maximum absolute atomic E-state index is 5.54. The molecule has 3 rings (SSSR count). The van der Waals surface area contributed by atoms with Crippen LogP contribution in [-0.4, -0.2) is 23.2 Å². The Hall–Kier alpha value is -1.20. The number of aromatic nitrogens is 2. The van der Waals surface area contributed by atoms with Crippen molar-refractivity contribution >= 4 is 11.3 Å². The van der Waals surface area contributed by atoms with Gasteiger partial charge in [0.2, 0.25) is 11.7 Å². The summed E-state index contributed by atoms with van der Waals surface area (Å²) in [6, 6.07) is 2.02. The van der Waals surface area contributed by atoms with E-state index >= 15 is 0 Å². The van der Waals surface area contributed by atoms with E-state index in [1.165, 1.54) is 0 Å². The number of nitrogens with zero attached hydrogens (tertiary/aromatic N) is 2. The van der Waals surface area contributed by atoms with Crippen molar-refractivity contribution in [3.8, 4) is 11.4 Å². The molecule has 18 heavy (non-hydrogen) atoms. The number of hydrogen-bond acceptors (Lipinski definition) is 5. The maximum Gasteiger partial charge on any atom is 0.234 e. The van der Waals surface area contributed by atoms with Crippen molar-refractivity contribution in [2.75, 3.05) is 13.1 Å². The third-order valence-electron chi connectivity index (χ3n) is 3.92. The van der Waals surface area contributed by atoms with Gasteiger partial charge in [0.1, 0.15) is 0 Å². The molecule has 1 fully saturated rings. The average Bonchev–Trinajstić information content (AvgIpc) is 3.11. The average molecular weight is 263 g/mol. The zero-order valence-corrected chi connectivity index (χ0v) is 11.5. The fraction of sp³-hybridized carbons (Fsp3) is 0.538. The zero-order chi connectivity index (χ0) is 12.6. The molecule has 0 bridgehead atoms. The van der Waals surface area contributed by atoms with E-state index in [-0.39, 0.29) is 5.41 Å². The highest BCUT2D eigenvalue weighted by molar-refractivity contribution is 7.08. The molecule has 0 saturated carbocycles. The van der Waals surface area contributed by atoms with Crippen LogP contribution < -0.4 is 5.32 Å². The summed E-state index contributed by atoms with van der Waals surface area (Å²) < 4.78 is 5.54. The summed E-state index contributed by atoms with van der Waals surface area (Å²) in [5.74, 6) is 1.98. The van der Waals surface area contributed by atoms with Gasteiger partial charge in [-0.2, -0.15) is 16.3 Å². The fourth-order valence-corrected chi connectivity index (χ4v) is 3.20. The maximum atomic E-state index is 5.54. The van der Waals surface area contributed by atoms with Crippen LogP contribution in [0.4, 0.5) is 0 Å². The van der Waals surface area contributed by atoms with E-state index in [1.807, 2.05) is 16.8 Å². The number of rotatable bonds is 3. The van der Waals surface area contributed by atoms with Crippen molar-refractivity contribution in [1.82, 2.24) is 15.5 Å². The van der Waals surface area contributed by atoms with Gasteiger partial charge in [-0.05, 0) is 30.3 Å². The van der Waals surface area contributed by atoms with E-state index in [9.17, 15) is 0 Å². The second-order valence-corrected chi connectivity index (χ2v) is 5.95. The van der Waals surface area contributed by atoms with Gasteiger partial charge in [-0.3, -0.25) is 0 Å². The predicted octanol–water partition coefficient (Wildman–Crippen LogP) is 2.69. The number of nitrogens with one attached hydrogen (secondary N) is 1. The Morgan fingerprint density at radius 3 is 3.00 bits per heavy atom. The van der Waals surface area contributed by atoms with Gasteiger partial charge in [0.25, 0.3) is 0 Å². The van der Waals surface area contributed by atoms with Crippen LogP contribution in [0.2, 0.25) is 0 Å². The normalized spacial score (nSPS) is 23.9. The molecular weight excluding hydrogens is 246 g/mol. The van der Waals surface area contributed by atoms with Crippen molar-refractivity contribution < 1.29 is 4.52 Å². The van der Waals surface area contributed by atoms with E-state index in [0.717, 1.165) is 31.0 Å². The van der Waals surface area contributed by atoms with Crippen molar-refractivity contribution in [2.24, 2.45) is 5.92 Å². The molecule has 5 heteroatoms. The number of thiophene rings is 1. The van der Waals surface area contributed by atoms with Crippen molar-refractivity contribution in [1.29, 1.82) is 0 Å². The SMILES string of the molecule is CC(C)C1(c2nc(-c3ccsc3)no2)CCNC1. The Morgan fingerprint density at radius 1 is 1.50 bits per heavy atom. The lowest BCUT2D eigenvalue weighted by molar-refractivity contribution is 0.234. The molecule has 0 radical (unpaired) electrons. The van der Waals surface area contributed by atoms with Gasteiger partial charge >= 0.3 is 0 Å². The smallest absolute Gasteiger partial charge is 0.234 e. The Morgan fingerprint density at radius 2 is 2.39 bits per heavy atom. The molecule has 3 heterocycles. The van der Waals surface area contributed by atoms with Gasteiger partial charge in [0.15, 0.2) is 0 Å². The summed E-state index contributed by atoms with van der Waals surface area (Å²) >= 11 is 1.65. The molecule has 0 spiro atoms. The molecule has 1 saturated heterocycles. The largest absolute Gasteiger partial charge is 0.338 e. The van der Waals surface area contributed by atoms with Crippen LogP contribution in [0.15, 0.2) is 21.3 Å². The molecule has 0 aromatic carbocycles. The molecule has 0 amide bonds. The van der Waals surface area contributed by atoms with E-state index in [4.69, 9.17) is 4.52 Å². The minimum absolute atomic E-state index is 0.00126. The second kappa shape index (κ2) is 4.48. The third-order valence-corrected chi connectivity index (χ3v) is 4.61. The molecule has 96 valence electrons. The minimum atomic E-state index is 0.00126. The van der Waals surface area contributed by atoms with Crippen LogP contribution in [0.3, 0.4) is 0 Å². The first kappa shape index (κ1) is 11.9. The quantitative estimate of drug-likeness (QED) is 0.925. The van der Waals surface area contributed by atoms with Crippen LogP contribution in [0.25, 0.3) is 11.4 Å². The summed E-state index contributed by atoms with van der Waals surface area (Å²) in [7, 11) is 0. The molecule has 1 aliphatic rings. The van der Waals surface area contributed by atoms with E-state index in [0.29, 0.717) is 11.7 Å². The summed E-state index contributed by atoms with van der Waals surface area (Å²) in [6.45, 7) is 6.40. The summed E-state index contributed by atoms with van der Waals surface area (Å²) in [6.07, 6.45) is 1.07. The first-order valence-corrected chi connectivity index (χ1v) is 7.24. The Kier molecular flexibility index (Phi) is 2.95. The topological polar surface area (TPSA) is 51.0 Å². The van der Waals surface area contributed by atoms with E-state index in [2.05, 4.69) is 29.3 Å². The monoisotopic (exact) mass is 263 g/mol. The van der Waals surface area contributed by atoms with Gasteiger partial charge in [-0.1, -0.05) is 19.0 Å². The van der Waals surface area contributed by atoms with Gasteiger partial charge in [-0.15, -0.1) is 0 Å². The Bertz CT molecular complexity index is 512. The van der Waals surface area contributed by atoms with Gasteiger partial charge in [-0.25, -0.2) is 0 Å². The Balaban J connectivity index is 1.97. The van der Waals surface area contributed by atoms with Crippen molar-refractivity contribution in [2.45, 2.75) is 25.7 Å². The molecule has 1 unspecified atom stereocenters. The van der Waals surface area contributed by atoms with Gasteiger partial charge in [0, 0.05) is 17.5 Å². The lowest BCUT2D eigenvalue weighted by atomic mass is 9.76. The Labute approximate surface area is 110 Å². The molecule has 0 aliphatic carbocycles. The molecular formula is C13H17N3OS. The summed E-state index contributed by atoms with van der Waals surface area (Å²) in [5.41, 5.74) is 1.04. The lowest BCUT2D eigenvalue weighted by Gasteiger charge is -2.27. The van der Waals surface area contributed by atoms with Crippen molar-refractivity contribution in [3.63, 3.8) is 0 Å². The lowest BCUT2D eigenvalue weighted by Crippen LogP contribution is -2.35. The zero-order valence-electron chi connectivity index (χ0n) is 10.6. The summed E-state index contributed by atoms with van der Waals surface area (Å²) in [5, 5.41) is 11.6. The number of hydrogen-bond donors (Lipinski definition) is 1. The fourth-order valence-electron chi connectivity index (χ4n) is 2.57. The molecule has 2 aromatic rings. The van der Waals surface area contributed by atoms with Crippen LogP contribution in [0.5, 0.6) is 0 Å². The van der Waals surface area contributed by atoms with Crippen molar-refractivity contribution in [3.05, 3.63) is 22.7 Å². The van der Waals surface area contributed by atoms with Gasteiger partial charge in [0.05, 0.1) is 5.41 Å². The van der Waals surface area contributed by atoms with E-state index < -0.39 is 0 Å². The van der Waals surface area contributed by atoms with Gasteiger partial charge < -0.3 is 9.84 Å². The standard InChI is InChI=1S/C13H17N3OS/c1-9(2)13(4-5-14-8-13)12-15-11(16-17-12)10-3-6-18-7-10/h3,6-7,9,14H,4-5,8H2,1-2H3. The third kappa shape index (κ3) is 1.78. The minimum Gasteiger partial charge on any atom is -0.338 e. The first-order valence-electron chi connectivity index (χ1n) is 6.30. The highest BCUT2D eigenvalue weighted by Crippen LogP contribution is 2.37. The van der Waals surface area contributed by atoms with Crippen LogP contribution in [-0.2, 0) is 5.41 Å².